The molecule has 1 aromatic rings. The third kappa shape index (κ3) is 4.37. The van der Waals surface area contributed by atoms with Crippen molar-refractivity contribution in [2.45, 2.75) is 44.1 Å². The number of carboxylic acid groups (broad SMARTS) is 1. The molecule has 0 heterocycles. The van der Waals surface area contributed by atoms with Gasteiger partial charge in [-0.25, -0.2) is 0 Å². The van der Waals surface area contributed by atoms with E-state index in [0.717, 1.165) is 31.2 Å². The van der Waals surface area contributed by atoms with E-state index in [1.807, 2.05) is 0 Å². The molecule has 0 bridgehead atoms. The van der Waals surface area contributed by atoms with Gasteiger partial charge in [0.05, 0.1) is 32.6 Å². The van der Waals surface area contributed by atoms with Crippen molar-refractivity contribution in [1.82, 2.24) is 5.32 Å². The minimum absolute atomic E-state index is 0.0231. The lowest BCUT2D eigenvalue weighted by atomic mass is 9.92. The topological polar surface area (TPSA) is 84.9 Å². The Morgan fingerprint density at radius 1 is 1.17 bits per heavy atom. The van der Waals surface area contributed by atoms with E-state index in [2.05, 4.69) is 5.32 Å². The SMILES string of the molecule is COc1ccc(CC(=O)NC2(CC(=O)O)CCCC2)cc1OC. The molecule has 1 aliphatic carbocycles. The van der Waals surface area contributed by atoms with Crippen LogP contribution in [0.25, 0.3) is 0 Å². The number of benzene rings is 1. The second-order valence-electron chi connectivity index (χ2n) is 5.97. The van der Waals surface area contributed by atoms with E-state index >= 15 is 0 Å². The fraction of sp³-hybridized carbons (Fsp3) is 0.529. The van der Waals surface area contributed by atoms with Crippen molar-refractivity contribution in [2.24, 2.45) is 0 Å². The molecule has 1 aromatic carbocycles. The van der Waals surface area contributed by atoms with Gasteiger partial charge in [-0.05, 0) is 30.5 Å². The molecule has 1 saturated carbocycles. The van der Waals surface area contributed by atoms with E-state index in [1.54, 1.807) is 32.4 Å². The maximum absolute atomic E-state index is 12.3. The summed E-state index contributed by atoms with van der Waals surface area (Å²) >= 11 is 0. The molecule has 0 aliphatic heterocycles. The maximum atomic E-state index is 12.3. The lowest BCUT2D eigenvalue weighted by Gasteiger charge is -2.28. The Labute approximate surface area is 135 Å². The average molecular weight is 321 g/mol. The number of carbonyl (C=O) groups excluding carboxylic acids is 1. The number of hydrogen-bond donors (Lipinski definition) is 2. The standard InChI is InChI=1S/C17H23NO5/c1-22-13-6-5-12(9-14(13)23-2)10-15(19)18-17(11-16(20)21)7-3-4-8-17/h5-6,9H,3-4,7-8,10-11H2,1-2H3,(H,18,19)(H,20,21). The summed E-state index contributed by atoms with van der Waals surface area (Å²) in [7, 11) is 3.10. The van der Waals surface area contributed by atoms with Crippen LogP contribution in [0.3, 0.4) is 0 Å². The summed E-state index contributed by atoms with van der Waals surface area (Å²) in [5, 5.41) is 12.0. The lowest BCUT2D eigenvalue weighted by molar-refractivity contribution is -0.139. The second kappa shape index (κ2) is 7.35. The van der Waals surface area contributed by atoms with Crippen molar-refractivity contribution < 1.29 is 24.2 Å². The van der Waals surface area contributed by atoms with Gasteiger partial charge in [0.15, 0.2) is 11.5 Å². The molecule has 1 fully saturated rings. The van der Waals surface area contributed by atoms with E-state index in [1.165, 1.54) is 0 Å². The smallest absolute Gasteiger partial charge is 0.305 e. The monoisotopic (exact) mass is 321 g/mol. The van der Waals surface area contributed by atoms with Crippen molar-refractivity contribution in [2.75, 3.05) is 14.2 Å². The molecule has 0 atom stereocenters. The van der Waals surface area contributed by atoms with Crippen LogP contribution in [0.4, 0.5) is 0 Å². The molecular formula is C17H23NO5. The molecule has 0 unspecified atom stereocenters. The predicted molar refractivity (Wildman–Crippen MR) is 84.8 cm³/mol. The molecule has 6 heteroatoms. The van der Waals surface area contributed by atoms with Crippen molar-refractivity contribution in [3.05, 3.63) is 23.8 Å². The first-order valence-electron chi connectivity index (χ1n) is 7.72. The Morgan fingerprint density at radius 2 is 1.83 bits per heavy atom. The molecule has 6 nitrogen and oxygen atoms in total. The molecule has 0 saturated heterocycles. The molecular weight excluding hydrogens is 298 g/mol. The number of carbonyl (C=O) groups is 2. The van der Waals surface area contributed by atoms with Crippen molar-refractivity contribution in [3.8, 4) is 11.5 Å². The van der Waals surface area contributed by atoms with Gasteiger partial charge in [-0.15, -0.1) is 0 Å². The Hall–Kier alpha value is -2.24. The zero-order valence-corrected chi connectivity index (χ0v) is 13.6. The summed E-state index contributed by atoms with van der Waals surface area (Å²) in [6.07, 6.45) is 3.49. The van der Waals surface area contributed by atoms with E-state index in [9.17, 15) is 9.59 Å². The molecule has 0 radical (unpaired) electrons. The Balaban J connectivity index is 2.05. The zero-order valence-electron chi connectivity index (χ0n) is 13.6. The maximum Gasteiger partial charge on any atom is 0.305 e. The molecule has 126 valence electrons. The predicted octanol–water partition coefficient (Wildman–Crippen LogP) is 2.15. The molecule has 2 rings (SSSR count). The summed E-state index contributed by atoms with van der Waals surface area (Å²) in [5.41, 5.74) is 0.197. The van der Waals surface area contributed by atoms with Crippen molar-refractivity contribution >= 4 is 11.9 Å². The normalized spacial score (nSPS) is 15.9. The van der Waals surface area contributed by atoms with Crippen LogP contribution in [0.5, 0.6) is 11.5 Å². The van der Waals surface area contributed by atoms with Crippen LogP contribution < -0.4 is 14.8 Å². The Kier molecular flexibility index (Phi) is 5.47. The number of carboxylic acids is 1. The third-order valence-corrected chi connectivity index (χ3v) is 4.27. The van der Waals surface area contributed by atoms with Gasteiger partial charge < -0.3 is 19.9 Å². The van der Waals surface area contributed by atoms with Gasteiger partial charge in [-0.2, -0.15) is 0 Å². The highest BCUT2D eigenvalue weighted by molar-refractivity contribution is 5.80. The van der Waals surface area contributed by atoms with Crippen molar-refractivity contribution in [1.29, 1.82) is 0 Å². The number of nitrogens with one attached hydrogen (secondary N) is 1. The van der Waals surface area contributed by atoms with Gasteiger partial charge in [0.1, 0.15) is 0 Å². The first kappa shape index (κ1) is 17.1. The van der Waals surface area contributed by atoms with Gasteiger partial charge in [-0.3, -0.25) is 9.59 Å². The van der Waals surface area contributed by atoms with Crippen LogP contribution in [-0.2, 0) is 16.0 Å². The highest BCUT2D eigenvalue weighted by atomic mass is 16.5. The minimum atomic E-state index is -0.877. The highest BCUT2D eigenvalue weighted by Gasteiger charge is 2.37. The van der Waals surface area contributed by atoms with E-state index < -0.39 is 11.5 Å². The zero-order chi connectivity index (χ0) is 16.9. The molecule has 0 spiro atoms. The van der Waals surface area contributed by atoms with E-state index in [-0.39, 0.29) is 18.7 Å². The fourth-order valence-corrected chi connectivity index (χ4v) is 3.20. The molecule has 1 aliphatic rings. The first-order chi connectivity index (χ1) is 11.0. The van der Waals surface area contributed by atoms with Gasteiger partial charge in [-0.1, -0.05) is 18.9 Å². The van der Waals surface area contributed by atoms with Gasteiger partial charge >= 0.3 is 5.97 Å². The number of hydrogen-bond acceptors (Lipinski definition) is 4. The molecule has 23 heavy (non-hydrogen) atoms. The van der Waals surface area contributed by atoms with Crippen LogP contribution in [0, 0.1) is 0 Å². The Bertz CT molecular complexity index is 578. The van der Waals surface area contributed by atoms with Crippen LogP contribution in [-0.4, -0.2) is 36.7 Å². The summed E-state index contributed by atoms with van der Waals surface area (Å²) in [6, 6.07) is 5.32. The number of methoxy groups -OCH3 is 2. The number of rotatable bonds is 7. The van der Waals surface area contributed by atoms with E-state index in [4.69, 9.17) is 14.6 Å². The lowest BCUT2D eigenvalue weighted by Crippen LogP contribution is -2.48. The van der Waals surface area contributed by atoms with Crippen LogP contribution >= 0.6 is 0 Å². The van der Waals surface area contributed by atoms with Crippen LogP contribution in [0.1, 0.15) is 37.7 Å². The Morgan fingerprint density at radius 3 is 2.39 bits per heavy atom. The van der Waals surface area contributed by atoms with Gasteiger partial charge in [0.2, 0.25) is 5.91 Å². The summed E-state index contributed by atoms with van der Waals surface area (Å²) < 4.78 is 10.4. The number of aliphatic carboxylic acids is 1. The second-order valence-corrected chi connectivity index (χ2v) is 5.97. The number of amides is 1. The van der Waals surface area contributed by atoms with Crippen LogP contribution in [0.2, 0.25) is 0 Å². The minimum Gasteiger partial charge on any atom is -0.493 e. The van der Waals surface area contributed by atoms with Crippen LogP contribution in [0.15, 0.2) is 18.2 Å². The summed E-state index contributed by atoms with van der Waals surface area (Å²) in [4.78, 5) is 23.4. The van der Waals surface area contributed by atoms with E-state index in [0.29, 0.717) is 11.5 Å². The first-order valence-corrected chi connectivity index (χ1v) is 7.72. The van der Waals surface area contributed by atoms with Gasteiger partial charge in [0, 0.05) is 0 Å². The largest absolute Gasteiger partial charge is 0.493 e. The number of ether oxygens (including phenoxy) is 2. The fourth-order valence-electron chi connectivity index (χ4n) is 3.20. The quantitative estimate of drug-likeness (QED) is 0.804. The van der Waals surface area contributed by atoms with Gasteiger partial charge in [0.25, 0.3) is 0 Å². The highest BCUT2D eigenvalue weighted by Crippen LogP contribution is 2.33. The summed E-state index contributed by atoms with van der Waals surface area (Å²) in [5.74, 6) is 0.132. The molecule has 0 aromatic heterocycles. The third-order valence-electron chi connectivity index (χ3n) is 4.27. The average Bonchev–Trinajstić information content (AvgIpc) is 2.93. The molecule has 1 amide bonds. The van der Waals surface area contributed by atoms with Crippen molar-refractivity contribution in [3.63, 3.8) is 0 Å². The summed E-state index contributed by atoms with van der Waals surface area (Å²) in [6.45, 7) is 0. The molecule has 2 N–H and O–H groups in total.